The summed E-state index contributed by atoms with van der Waals surface area (Å²) >= 11 is 8.82. The van der Waals surface area contributed by atoms with E-state index in [2.05, 4.69) is 12.2 Å². The van der Waals surface area contributed by atoms with Gasteiger partial charge in [-0.05, 0) is 71.6 Å². The first-order valence-electron chi connectivity index (χ1n) is 24.3. The number of thiocarbonyl (C=S) groups is 1. The predicted octanol–water partition coefficient (Wildman–Crippen LogP) is 7.60. The van der Waals surface area contributed by atoms with E-state index in [1.807, 2.05) is 86.3 Å². The summed E-state index contributed by atoms with van der Waals surface area (Å²) in [5.74, 6) is -4.32. The van der Waals surface area contributed by atoms with Crippen LogP contribution in [0.5, 0.6) is 0 Å². The third kappa shape index (κ3) is 23.8. The molecular weight excluding hydrogens is 993 g/mol. The van der Waals surface area contributed by atoms with Crippen LogP contribution in [0.3, 0.4) is 0 Å². The maximum Gasteiger partial charge on any atom is 0.311 e. The maximum atomic E-state index is 13.6. The van der Waals surface area contributed by atoms with Crippen LogP contribution in [0, 0.1) is 29.1 Å². The number of thioether (sulfide) groups is 2. The number of rotatable bonds is 32. The van der Waals surface area contributed by atoms with Crippen molar-refractivity contribution in [2.24, 2.45) is 29.1 Å². The van der Waals surface area contributed by atoms with E-state index in [1.165, 1.54) is 21.6 Å². The minimum absolute atomic E-state index is 0.0222. The first kappa shape index (κ1) is 63.2. The van der Waals surface area contributed by atoms with Crippen LogP contribution in [0.4, 0.5) is 0 Å². The standard InChI is InChI=1S/C50H81N4O11S5/c1-14-54(12,13)23-26-63-46(59)36(6)30-38(47(60)64-25-22-53(9,10)11)29-35(5)45(58)62-24-21-52-42(55)32-41(44(52)57)70-68-28-27-65-48(61)50(7,8)33-39(43(56)51-34(3)4)31-40(69-49(66)67-15-2)37-19-17-16-18-20-37/h16-20,34-36,38-41H,14-15,21-33H2,1-13H3/q+1/p+1. The fourth-order valence-corrected chi connectivity index (χ4v) is 12.3. The van der Waals surface area contributed by atoms with Crippen molar-refractivity contribution in [3.63, 3.8) is 0 Å². The van der Waals surface area contributed by atoms with E-state index in [0.29, 0.717) is 34.2 Å². The van der Waals surface area contributed by atoms with E-state index in [-0.39, 0.29) is 81.8 Å². The van der Waals surface area contributed by atoms with Gasteiger partial charge in [0.15, 0.2) is 0 Å². The van der Waals surface area contributed by atoms with E-state index in [4.69, 9.17) is 31.2 Å². The van der Waals surface area contributed by atoms with Crippen LogP contribution in [-0.4, -0.2) is 170 Å². The van der Waals surface area contributed by atoms with Gasteiger partial charge in [0.2, 0.25) is 17.7 Å². The van der Waals surface area contributed by atoms with Gasteiger partial charge >= 0.3 is 23.9 Å². The van der Waals surface area contributed by atoms with Crippen LogP contribution in [0.1, 0.15) is 98.3 Å². The Balaban J connectivity index is 1.93. The summed E-state index contributed by atoms with van der Waals surface area (Å²) < 4.78 is 24.5. The highest BCUT2D eigenvalue weighted by Crippen LogP contribution is 2.42. The first-order valence-corrected chi connectivity index (χ1v) is 29.0. The highest BCUT2D eigenvalue weighted by molar-refractivity contribution is 8.77. The molecule has 396 valence electrons. The second kappa shape index (κ2) is 31.0. The molecule has 0 aliphatic carbocycles. The molecular formula is C50H82N4O11S5+2. The van der Waals surface area contributed by atoms with Gasteiger partial charge < -0.3 is 33.2 Å². The molecule has 0 aromatic heterocycles. The number of amides is 3. The minimum Gasteiger partial charge on any atom is -0.464 e. The van der Waals surface area contributed by atoms with Crippen LogP contribution >= 0.6 is 57.3 Å². The number of quaternary nitrogens is 2. The Hall–Kier alpha value is -2.88. The van der Waals surface area contributed by atoms with Gasteiger partial charge in [0.05, 0.1) is 71.5 Å². The van der Waals surface area contributed by atoms with Crippen molar-refractivity contribution in [3.8, 4) is 0 Å². The highest BCUT2D eigenvalue weighted by Gasteiger charge is 2.40. The fourth-order valence-electron chi connectivity index (χ4n) is 7.23. The number of likely N-dealkylation sites (N-methyl/N-ethyl adjacent to an activating group) is 2. The van der Waals surface area contributed by atoms with Gasteiger partial charge in [0.1, 0.15) is 48.3 Å². The lowest BCUT2D eigenvalue weighted by atomic mass is 9.80. The van der Waals surface area contributed by atoms with Crippen LogP contribution in [-0.2, 0) is 52.5 Å². The zero-order chi connectivity index (χ0) is 52.8. The van der Waals surface area contributed by atoms with Crippen LogP contribution in [0.25, 0.3) is 0 Å². The number of hydrogen-bond donors (Lipinski definition) is 1. The predicted molar refractivity (Wildman–Crippen MR) is 288 cm³/mol. The summed E-state index contributed by atoms with van der Waals surface area (Å²) in [6.45, 7) is 17.1. The summed E-state index contributed by atoms with van der Waals surface area (Å²) in [6.07, 6.45) is 0.910. The second-order valence-corrected chi connectivity index (χ2v) is 26.8. The number of nitrogens with one attached hydrogen (secondary N) is 1. The number of benzene rings is 1. The molecule has 1 N–H and O–H groups in total. The van der Waals surface area contributed by atoms with Gasteiger partial charge in [0, 0.05) is 29.4 Å². The number of ether oxygens (including phenoxy) is 4. The van der Waals surface area contributed by atoms with E-state index < -0.39 is 64.1 Å². The highest BCUT2D eigenvalue weighted by atomic mass is 33.1. The Morgan fingerprint density at radius 2 is 1.39 bits per heavy atom. The van der Waals surface area contributed by atoms with Crippen molar-refractivity contribution in [3.05, 3.63) is 35.9 Å². The molecule has 20 heteroatoms. The zero-order valence-corrected chi connectivity index (χ0v) is 48.0. The number of esters is 4. The normalized spacial score (nSPS) is 16.5. The summed E-state index contributed by atoms with van der Waals surface area (Å²) in [5.41, 5.74) is 0.0651. The molecule has 1 fully saturated rings. The van der Waals surface area contributed by atoms with E-state index >= 15 is 0 Å². The third-order valence-electron chi connectivity index (χ3n) is 11.8. The number of carbonyl (C=O) groups is 7. The number of carbonyl (C=O) groups excluding carboxylic acids is 7. The lowest BCUT2D eigenvalue weighted by Crippen LogP contribution is -2.42. The Kier molecular flexibility index (Phi) is 28.0. The molecule has 1 aromatic carbocycles. The van der Waals surface area contributed by atoms with Crippen molar-refractivity contribution in [2.75, 3.05) is 99.4 Å². The van der Waals surface area contributed by atoms with E-state index in [0.717, 1.165) is 26.3 Å². The Morgan fingerprint density at radius 1 is 0.800 bits per heavy atom. The third-order valence-corrected chi connectivity index (χ3v) is 17.3. The monoisotopic (exact) mass is 1070 g/mol. The smallest absolute Gasteiger partial charge is 0.311 e. The number of nitrogens with zero attached hydrogens (tertiary/aromatic N) is 3. The molecule has 0 bridgehead atoms. The number of imide groups is 1. The molecule has 1 aromatic rings. The van der Waals surface area contributed by atoms with E-state index in [9.17, 15) is 33.6 Å². The summed E-state index contributed by atoms with van der Waals surface area (Å²) in [7, 11) is 12.6. The molecule has 6 atom stereocenters. The van der Waals surface area contributed by atoms with Gasteiger partial charge in [-0.15, -0.1) is 11.8 Å². The van der Waals surface area contributed by atoms with Gasteiger partial charge in [-0.2, -0.15) is 0 Å². The molecule has 2 rings (SSSR count). The van der Waals surface area contributed by atoms with Crippen LogP contribution in [0.2, 0.25) is 0 Å². The summed E-state index contributed by atoms with van der Waals surface area (Å²) in [6, 6.07) is 9.86. The lowest BCUT2D eigenvalue weighted by molar-refractivity contribution is -0.888. The van der Waals surface area contributed by atoms with Gasteiger partial charge in [-0.3, -0.25) is 38.5 Å². The largest absolute Gasteiger partial charge is 0.464 e. The Morgan fingerprint density at radius 3 is 1.96 bits per heavy atom. The van der Waals surface area contributed by atoms with Crippen molar-refractivity contribution >= 4 is 102 Å². The maximum absolute atomic E-state index is 13.6. The molecule has 0 saturated carbocycles. The van der Waals surface area contributed by atoms with Crippen LogP contribution < -0.4 is 5.32 Å². The van der Waals surface area contributed by atoms with Crippen molar-refractivity contribution in [1.82, 2.24) is 10.2 Å². The number of hydrogen-bond acceptors (Lipinski definition) is 16. The van der Waals surface area contributed by atoms with Gasteiger partial charge in [0.25, 0.3) is 0 Å². The first-order chi connectivity index (χ1) is 32.7. The SMILES string of the molecule is CCSC(=S)SC(CC(CC(C)(C)C(=O)OCCSSC1CC(=O)N(CCOC(=O)C(C)CC(CC(C)C(=O)OCC[N+](C)(C)CC)C(=O)OCC[N+](C)(C)C)C1=O)C(=O)NC(C)C)c1ccccc1. The second-order valence-electron chi connectivity index (χ2n) is 20.5. The molecule has 70 heavy (non-hydrogen) atoms. The van der Waals surface area contributed by atoms with Crippen molar-refractivity contribution in [2.45, 2.75) is 104 Å². The molecule has 15 nitrogen and oxygen atoms in total. The average Bonchev–Trinajstić information content (AvgIpc) is 3.54. The topological polar surface area (TPSA) is 172 Å². The molecule has 6 unspecified atom stereocenters. The van der Waals surface area contributed by atoms with Gasteiger partial charge in [-0.25, -0.2) is 0 Å². The summed E-state index contributed by atoms with van der Waals surface area (Å²) in [5, 5.41) is 2.29. The molecule has 1 saturated heterocycles. The molecule has 0 radical (unpaired) electrons. The van der Waals surface area contributed by atoms with Crippen LogP contribution in [0.15, 0.2) is 30.3 Å². The van der Waals surface area contributed by atoms with Crippen molar-refractivity contribution < 1.29 is 61.5 Å². The molecule has 3 amide bonds. The fraction of sp³-hybridized carbons (Fsp3) is 0.720. The average molecular weight is 1080 g/mol. The van der Waals surface area contributed by atoms with Gasteiger partial charge in [-0.1, -0.05) is 96.7 Å². The quantitative estimate of drug-likeness (QED) is 0.0142. The van der Waals surface area contributed by atoms with E-state index in [1.54, 1.807) is 51.2 Å². The molecule has 0 spiro atoms. The molecule has 1 aliphatic rings. The minimum atomic E-state index is -0.991. The molecule has 1 heterocycles. The zero-order valence-electron chi connectivity index (χ0n) is 43.9. The Bertz CT molecular complexity index is 1880. The Labute approximate surface area is 440 Å². The lowest BCUT2D eigenvalue weighted by Gasteiger charge is -2.30. The number of likely N-dealkylation sites (tertiary alicyclic amines) is 1. The molecule has 1 aliphatic heterocycles. The van der Waals surface area contributed by atoms with Crippen molar-refractivity contribution in [1.29, 1.82) is 0 Å². The summed E-state index contributed by atoms with van der Waals surface area (Å²) in [4.78, 5) is 93.9.